The molecule has 1 aliphatic heterocycles. The van der Waals surface area contributed by atoms with Crippen LogP contribution in [0.1, 0.15) is 48.3 Å². The highest BCUT2D eigenvalue weighted by molar-refractivity contribution is 7.92. The second-order valence-electron chi connectivity index (χ2n) is 9.50. The van der Waals surface area contributed by atoms with Gasteiger partial charge in [-0.1, -0.05) is 53.6 Å². The van der Waals surface area contributed by atoms with Crippen LogP contribution in [-0.2, 0) is 19.6 Å². The second kappa shape index (κ2) is 9.13. The number of Topliss-reactive ketones (excluding diaryl/α,β-unsaturated/α-hetero) is 1. The Kier molecular flexibility index (Phi) is 6.51. The minimum Gasteiger partial charge on any atom is -0.459 e. The Morgan fingerprint density at radius 1 is 0.943 bits per heavy atom. The first-order valence-electron chi connectivity index (χ1n) is 11.1. The Morgan fingerprint density at radius 2 is 1.54 bits per heavy atom. The molecule has 35 heavy (non-hydrogen) atoms. The fraction of sp³-hybridized carbons (Fsp3) is 0.259. The standard InChI is InChI=1S/C27H26ClNO5S/c1-17-9-15-20(16-10-17)35(32,33)29-22-8-6-5-7-21(22)25(30)23(26(31)34-27(2,3)4)24(29)18-11-13-19(28)14-12-18/h5-16,23-24H,1-4H3/t23?,24-/m1/s1. The van der Waals surface area contributed by atoms with E-state index >= 15 is 0 Å². The van der Waals surface area contributed by atoms with E-state index in [0.29, 0.717) is 10.6 Å². The molecule has 6 nitrogen and oxygen atoms in total. The Morgan fingerprint density at radius 3 is 2.14 bits per heavy atom. The number of rotatable bonds is 4. The normalized spacial score (nSPS) is 18.2. The molecule has 1 aliphatic rings. The van der Waals surface area contributed by atoms with Crippen LogP contribution in [0.25, 0.3) is 0 Å². The summed E-state index contributed by atoms with van der Waals surface area (Å²) in [5, 5.41) is 0.443. The van der Waals surface area contributed by atoms with Gasteiger partial charge in [-0.25, -0.2) is 8.42 Å². The summed E-state index contributed by atoms with van der Waals surface area (Å²) in [6.45, 7) is 6.96. The molecule has 0 spiro atoms. The van der Waals surface area contributed by atoms with Crippen molar-refractivity contribution in [3.8, 4) is 0 Å². The second-order valence-corrected chi connectivity index (χ2v) is 11.8. The maximum Gasteiger partial charge on any atom is 0.319 e. The number of halogens is 1. The predicted octanol–water partition coefficient (Wildman–Crippen LogP) is 5.74. The quantitative estimate of drug-likeness (QED) is 0.329. The average molecular weight is 512 g/mol. The van der Waals surface area contributed by atoms with Crippen molar-refractivity contribution >= 4 is 39.1 Å². The van der Waals surface area contributed by atoms with E-state index in [9.17, 15) is 18.0 Å². The van der Waals surface area contributed by atoms with Gasteiger partial charge >= 0.3 is 5.97 Å². The van der Waals surface area contributed by atoms with Gasteiger partial charge in [-0.05, 0) is 69.7 Å². The summed E-state index contributed by atoms with van der Waals surface area (Å²) in [6.07, 6.45) is 0. The van der Waals surface area contributed by atoms with Gasteiger partial charge in [-0.15, -0.1) is 0 Å². The molecule has 0 radical (unpaired) electrons. The monoisotopic (exact) mass is 511 g/mol. The molecule has 0 saturated heterocycles. The third-order valence-electron chi connectivity index (χ3n) is 5.71. The van der Waals surface area contributed by atoms with E-state index in [0.717, 1.165) is 5.56 Å². The van der Waals surface area contributed by atoms with Gasteiger partial charge in [0.25, 0.3) is 10.0 Å². The van der Waals surface area contributed by atoms with Crippen LogP contribution in [0, 0.1) is 12.8 Å². The Bertz CT molecular complexity index is 1380. The summed E-state index contributed by atoms with van der Waals surface area (Å²) in [6, 6.07) is 18.2. The molecule has 0 aliphatic carbocycles. The maximum absolute atomic E-state index is 14.1. The lowest BCUT2D eigenvalue weighted by molar-refractivity contribution is -0.158. The average Bonchev–Trinajstić information content (AvgIpc) is 2.78. The van der Waals surface area contributed by atoms with E-state index in [4.69, 9.17) is 16.3 Å². The Labute approximate surface area is 210 Å². The zero-order valence-electron chi connectivity index (χ0n) is 19.9. The number of hydrogen-bond acceptors (Lipinski definition) is 5. The lowest BCUT2D eigenvalue weighted by Crippen LogP contribution is -2.49. The number of aryl methyl sites for hydroxylation is 1. The van der Waals surface area contributed by atoms with E-state index in [-0.39, 0.29) is 16.1 Å². The highest BCUT2D eigenvalue weighted by Crippen LogP contribution is 2.46. The number of carbonyl (C=O) groups excluding carboxylic acids is 2. The molecule has 0 N–H and O–H groups in total. The molecular formula is C27H26ClNO5S. The minimum atomic E-state index is -4.19. The number of para-hydroxylation sites is 1. The van der Waals surface area contributed by atoms with Gasteiger partial charge in [0.2, 0.25) is 0 Å². The largest absolute Gasteiger partial charge is 0.459 e. The third kappa shape index (κ3) is 4.83. The van der Waals surface area contributed by atoms with Gasteiger partial charge in [-0.3, -0.25) is 13.9 Å². The molecule has 8 heteroatoms. The number of ether oxygens (including phenoxy) is 1. The molecule has 0 amide bonds. The van der Waals surface area contributed by atoms with Crippen LogP contribution >= 0.6 is 11.6 Å². The number of fused-ring (bicyclic) bond motifs is 1. The van der Waals surface area contributed by atoms with Crippen molar-refractivity contribution in [2.45, 2.75) is 44.2 Å². The first kappa shape index (κ1) is 24.9. The molecule has 0 aromatic heterocycles. The fourth-order valence-electron chi connectivity index (χ4n) is 4.16. The molecule has 0 fully saturated rings. The molecule has 3 aromatic rings. The van der Waals surface area contributed by atoms with Crippen LogP contribution in [0.15, 0.2) is 77.7 Å². The molecule has 1 heterocycles. The summed E-state index contributed by atoms with van der Waals surface area (Å²) in [5.41, 5.74) is 0.824. The molecule has 182 valence electrons. The lowest BCUT2D eigenvalue weighted by atomic mass is 9.82. The van der Waals surface area contributed by atoms with E-state index in [1.54, 1.807) is 75.4 Å². The highest BCUT2D eigenvalue weighted by atomic mass is 35.5. The summed E-state index contributed by atoms with van der Waals surface area (Å²) in [7, 11) is -4.19. The van der Waals surface area contributed by atoms with Crippen LogP contribution < -0.4 is 4.31 Å². The van der Waals surface area contributed by atoms with Crippen molar-refractivity contribution < 1.29 is 22.7 Å². The number of anilines is 1. The third-order valence-corrected chi connectivity index (χ3v) is 7.77. The van der Waals surface area contributed by atoms with Crippen LogP contribution in [0.2, 0.25) is 5.02 Å². The van der Waals surface area contributed by atoms with E-state index in [2.05, 4.69) is 0 Å². The number of sulfonamides is 1. The smallest absolute Gasteiger partial charge is 0.319 e. The zero-order valence-corrected chi connectivity index (χ0v) is 21.4. The van der Waals surface area contributed by atoms with Crippen LogP contribution in [-0.4, -0.2) is 25.8 Å². The molecule has 1 unspecified atom stereocenters. The number of hydrogen-bond donors (Lipinski definition) is 0. The Balaban J connectivity index is 2.00. The fourth-order valence-corrected chi connectivity index (χ4v) is 5.96. The number of ketones is 1. The zero-order chi connectivity index (χ0) is 25.5. The number of esters is 1. The first-order valence-corrected chi connectivity index (χ1v) is 12.9. The highest BCUT2D eigenvalue weighted by Gasteiger charge is 2.51. The van der Waals surface area contributed by atoms with Crippen molar-refractivity contribution in [1.82, 2.24) is 0 Å². The lowest BCUT2D eigenvalue weighted by Gasteiger charge is -2.41. The van der Waals surface area contributed by atoms with Gasteiger partial charge in [0.1, 0.15) is 11.5 Å². The van der Waals surface area contributed by atoms with E-state index in [1.165, 1.54) is 22.5 Å². The predicted molar refractivity (Wildman–Crippen MR) is 135 cm³/mol. The molecule has 3 aromatic carbocycles. The van der Waals surface area contributed by atoms with Crippen LogP contribution in [0.5, 0.6) is 0 Å². The van der Waals surface area contributed by atoms with Crippen molar-refractivity contribution in [2.24, 2.45) is 5.92 Å². The summed E-state index contributed by atoms with van der Waals surface area (Å²) >= 11 is 6.09. The number of benzene rings is 3. The maximum atomic E-state index is 14.1. The summed E-state index contributed by atoms with van der Waals surface area (Å²) in [5.74, 6) is -2.70. The molecule has 2 atom stereocenters. The molecule has 0 saturated carbocycles. The van der Waals surface area contributed by atoms with Crippen molar-refractivity contribution in [2.75, 3.05) is 4.31 Å². The van der Waals surface area contributed by atoms with Crippen molar-refractivity contribution in [3.63, 3.8) is 0 Å². The van der Waals surface area contributed by atoms with Crippen LogP contribution in [0.4, 0.5) is 5.69 Å². The Hall–Kier alpha value is -3.16. The molecule has 4 rings (SSSR count). The van der Waals surface area contributed by atoms with Crippen molar-refractivity contribution in [1.29, 1.82) is 0 Å². The topological polar surface area (TPSA) is 80.8 Å². The van der Waals surface area contributed by atoms with E-state index in [1.807, 2.05) is 6.92 Å². The van der Waals surface area contributed by atoms with Gasteiger partial charge in [0.15, 0.2) is 5.78 Å². The van der Waals surface area contributed by atoms with Gasteiger partial charge in [0.05, 0.1) is 16.6 Å². The molecule has 0 bridgehead atoms. The first-order chi connectivity index (χ1) is 16.4. The number of nitrogens with zero attached hydrogens (tertiary/aromatic N) is 1. The summed E-state index contributed by atoms with van der Waals surface area (Å²) < 4.78 is 35.0. The number of carbonyl (C=O) groups is 2. The van der Waals surface area contributed by atoms with Gasteiger partial charge < -0.3 is 4.74 Å². The van der Waals surface area contributed by atoms with Gasteiger partial charge in [0, 0.05) is 10.6 Å². The molecular weight excluding hydrogens is 486 g/mol. The van der Waals surface area contributed by atoms with Gasteiger partial charge in [-0.2, -0.15) is 0 Å². The minimum absolute atomic E-state index is 0.0501. The summed E-state index contributed by atoms with van der Waals surface area (Å²) in [4.78, 5) is 27.2. The van der Waals surface area contributed by atoms with Crippen molar-refractivity contribution in [3.05, 3.63) is 94.5 Å². The van der Waals surface area contributed by atoms with Crippen LogP contribution in [0.3, 0.4) is 0 Å². The van der Waals surface area contributed by atoms with E-state index < -0.39 is 39.3 Å². The SMILES string of the molecule is Cc1ccc(S(=O)(=O)N2c3ccccc3C(=O)C(C(=O)OC(C)(C)C)[C@H]2c2ccc(Cl)cc2)cc1.